The van der Waals surface area contributed by atoms with Crippen LogP contribution in [0.2, 0.25) is 0 Å². The lowest BCUT2D eigenvalue weighted by Crippen LogP contribution is -2.45. The Kier molecular flexibility index (Phi) is 7.54. The van der Waals surface area contributed by atoms with Crippen molar-refractivity contribution in [2.24, 2.45) is 5.73 Å². The molecule has 2 N–H and O–H groups in total. The molecule has 2 aromatic carbocycles. The van der Waals surface area contributed by atoms with Gasteiger partial charge in [0, 0.05) is 48.2 Å². The van der Waals surface area contributed by atoms with Crippen molar-refractivity contribution in [3.63, 3.8) is 0 Å². The van der Waals surface area contributed by atoms with Gasteiger partial charge in [0.05, 0.1) is 18.5 Å². The standard InChI is InChI=1S/C32H30F3N5O4/c1-19-29(26-14-21-8-3-4-11-25(21)39(26)17-20-7-5-10-24(13-20)43-2)37-27-15-22(30(41)38-12-6-9-23(36)18-38)16-28(40(19)27)44-31(42)32(33,34)35/h3-5,7-8,10-11,13-16,23H,6,9,12,17-18,36H2,1-2H3/t23-/m1/s1. The molecule has 0 spiro atoms. The second-order valence-corrected chi connectivity index (χ2v) is 10.9. The molecule has 1 saturated heterocycles. The summed E-state index contributed by atoms with van der Waals surface area (Å²) in [6, 6.07) is 19.8. The van der Waals surface area contributed by atoms with Crippen LogP contribution in [0.25, 0.3) is 27.9 Å². The molecule has 9 nitrogen and oxygen atoms in total. The number of nitrogens with two attached hydrogens (primary N) is 1. The molecule has 1 amide bonds. The SMILES string of the molecule is COc1cccc(Cn2c(-c3nc4cc(C(=O)N5CCC[C@@H](N)C5)cc(OC(=O)C(F)(F)F)n4c3C)cc3ccccc32)c1. The summed E-state index contributed by atoms with van der Waals surface area (Å²) >= 11 is 0. The van der Waals surface area contributed by atoms with E-state index >= 15 is 0 Å². The van der Waals surface area contributed by atoms with Gasteiger partial charge in [-0.1, -0.05) is 30.3 Å². The number of piperidine rings is 1. The Hall–Kier alpha value is -4.84. The molecule has 5 aromatic rings. The Balaban J connectivity index is 1.51. The van der Waals surface area contributed by atoms with E-state index in [9.17, 15) is 22.8 Å². The maximum atomic E-state index is 13.5. The fourth-order valence-corrected chi connectivity index (χ4v) is 5.78. The van der Waals surface area contributed by atoms with E-state index in [4.69, 9.17) is 20.2 Å². The number of ether oxygens (including phenoxy) is 2. The molecule has 0 bridgehead atoms. The van der Waals surface area contributed by atoms with Crippen LogP contribution in [0.1, 0.15) is 34.5 Å². The second-order valence-electron chi connectivity index (χ2n) is 10.9. The zero-order valence-electron chi connectivity index (χ0n) is 24.1. The smallest absolute Gasteiger partial charge is 0.491 e. The van der Waals surface area contributed by atoms with Crippen LogP contribution < -0.4 is 15.2 Å². The molecule has 1 aliphatic rings. The van der Waals surface area contributed by atoms with Crippen molar-refractivity contribution in [1.82, 2.24) is 18.9 Å². The average molecular weight is 606 g/mol. The molecular formula is C32H30F3N5O4. The zero-order valence-corrected chi connectivity index (χ0v) is 24.1. The van der Waals surface area contributed by atoms with Crippen molar-refractivity contribution in [1.29, 1.82) is 0 Å². The summed E-state index contributed by atoms with van der Waals surface area (Å²) in [6.45, 7) is 2.89. The number of rotatable bonds is 6. The number of aryl methyl sites for hydroxylation is 1. The van der Waals surface area contributed by atoms with E-state index < -0.39 is 23.9 Å². The van der Waals surface area contributed by atoms with Crippen molar-refractivity contribution >= 4 is 28.4 Å². The number of hydrogen-bond acceptors (Lipinski definition) is 6. The largest absolute Gasteiger partial charge is 0.497 e. The van der Waals surface area contributed by atoms with Crippen LogP contribution in [-0.4, -0.2) is 63.1 Å². The Bertz CT molecular complexity index is 1890. The molecule has 0 radical (unpaired) electrons. The number of para-hydroxylation sites is 1. The molecule has 0 aliphatic carbocycles. The van der Waals surface area contributed by atoms with Gasteiger partial charge in [-0.25, -0.2) is 9.78 Å². The van der Waals surface area contributed by atoms with E-state index in [-0.39, 0.29) is 17.3 Å². The van der Waals surface area contributed by atoms with E-state index in [1.54, 1.807) is 18.9 Å². The molecule has 12 heteroatoms. The first-order valence-corrected chi connectivity index (χ1v) is 14.1. The average Bonchev–Trinajstić information content (AvgIpc) is 3.53. The molecule has 0 saturated carbocycles. The number of alkyl halides is 3. The monoisotopic (exact) mass is 605 g/mol. The van der Waals surface area contributed by atoms with Crippen LogP contribution in [0.15, 0.2) is 66.7 Å². The summed E-state index contributed by atoms with van der Waals surface area (Å²) in [6.07, 6.45) is -3.77. The van der Waals surface area contributed by atoms with Gasteiger partial charge in [0.25, 0.3) is 5.91 Å². The Labute approximate surface area is 250 Å². The van der Waals surface area contributed by atoms with E-state index in [2.05, 4.69) is 4.57 Å². The number of imidazole rings is 1. The first kappa shape index (κ1) is 29.2. The van der Waals surface area contributed by atoms with Crippen LogP contribution >= 0.6 is 0 Å². The summed E-state index contributed by atoms with van der Waals surface area (Å²) in [7, 11) is 1.59. The maximum absolute atomic E-state index is 13.5. The molecule has 228 valence electrons. The van der Waals surface area contributed by atoms with Gasteiger partial charge in [0.15, 0.2) is 0 Å². The van der Waals surface area contributed by atoms with Crippen LogP contribution in [-0.2, 0) is 11.3 Å². The maximum Gasteiger partial charge on any atom is 0.491 e. The van der Waals surface area contributed by atoms with Gasteiger partial charge < -0.3 is 24.7 Å². The first-order chi connectivity index (χ1) is 21.0. The summed E-state index contributed by atoms with van der Waals surface area (Å²) in [5.41, 5.74) is 9.73. The van der Waals surface area contributed by atoms with Crippen LogP contribution in [0.4, 0.5) is 13.2 Å². The molecule has 3 aromatic heterocycles. The van der Waals surface area contributed by atoms with E-state index in [0.717, 1.165) is 29.0 Å². The minimum atomic E-state index is -5.24. The number of amides is 1. The number of aromatic nitrogens is 3. The van der Waals surface area contributed by atoms with Gasteiger partial charge in [0.2, 0.25) is 5.88 Å². The number of pyridine rings is 1. The van der Waals surface area contributed by atoms with Crippen molar-refractivity contribution in [3.05, 3.63) is 83.6 Å². The van der Waals surface area contributed by atoms with Crippen LogP contribution in [0.5, 0.6) is 11.6 Å². The predicted molar refractivity (Wildman–Crippen MR) is 158 cm³/mol. The second kappa shape index (κ2) is 11.3. The summed E-state index contributed by atoms with van der Waals surface area (Å²) in [5, 5.41) is 0.933. The highest BCUT2D eigenvalue weighted by Gasteiger charge is 2.42. The fraction of sp³-hybridized carbons (Fsp3) is 0.281. The van der Waals surface area contributed by atoms with Crippen molar-refractivity contribution < 1.29 is 32.2 Å². The molecule has 44 heavy (non-hydrogen) atoms. The normalized spacial score (nSPS) is 15.6. The van der Waals surface area contributed by atoms with Gasteiger partial charge in [-0.2, -0.15) is 13.2 Å². The van der Waals surface area contributed by atoms with Gasteiger partial charge in [-0.05, 0) is 55.7 Å². The minimum absolute atomic E-state index is 0.0463. The molecular weight excluding hydrogens is 575 g/mol. The van der Waals surface area contributed by atoms with Gasteiger partial charge >= 0.3 is 12.1 Å². The number of carbonyl (C=O) groups is 2. The predicted octanol–water partition coefficient (Wildman–Crippen LogP) is 5.35. The van der Waals surface area contributed by atoms with Crippen molar-refractivity contribution in [2.75, 3.05) is 20.2 Å². The molecule has 1 atom stereocenters. The molecule has 4 heterocycles. The van der Waals surface area contributed by atoms with Gasteiger partial charge in [-0.3, -0.25) is 9.20 Å². The lowest BCUT2D eigenvalue weighted by atomic mass is 10.1. The summed E-state index contributed by atoms with van der Waals surface area (Å²) in [5.74, 6) is -2.58. The number of esters is 1. The number of methoxy groups -OCH3 is 1. The number of benzene rings is 2. The molecule has 1 fully saturated rings. The van der Waals surface area contributed by atoms with Crippen molar-refractivity contribution in [2.45, 2.75) is 38.5 Å². The Morgan fingerprint density at radius 1 is 1.07 bits per heavy atom. The van der Waals surface area contributed by atoms with Crippen LogP contribution in [0, 0.1) is 6.92 Å². The number of fused-ring (bicyclic) bond motifs is 2. The number of likely N-dealkylation sites (tertiary alicyclic amines) is 1. The number of hydrogen-bond donors (Lipinski definition) is 1. The summed E-state index contributed by atoms with van der Waals surface area (Å²) in [4.78, 5) is 31.8. The highest BCUT2D eigenvalue weighted by Crippen LogP contribution is 2.34. The van der Waals surface area contributed by atoms with Crippen LogP contribution in [0.3, 0.4) is 0 Å². The molecule has 0 unspecified atom stereocenters. The highest BCUT2D eigenvalue weighted by atomic mass is 19.4. The van der Waals surface area contributed by atoms with E-state index in [0.29, 0.717) is 48.9 Å². The summed E-state index contributed by atoms with van der Waals surface area (Å²) < 4.78 is 53.6. The lowest BCUT2D eigenvalue weighted by molar-refractivity contribution is -0.190. The van der Waals surface area contributed by atoms with Gasteiger partial charge in [0.1, 0.15) is 17.1 Å². The third-order valence-corrected chi connectivity index (χ3v) is 7.87. The Morgan fingerprint density at radius 3 is 2.61 bits per heavy atom. The Morgan fingerprint density at radius 2 is 1.86 bits per heavy atom. The van der Waals surface area contributed by atoms with Gasteiger partial charge in [-0.15, -0.1) is 0 Å². The third kappa shape index (κ3) is 5.48. The molecule has 1 aliphatic heterocycles. The molecule has 6 rings (SSSR count). The quantitative estimate of drug-likeness (QED) is 0.262. The minimum Gasteiger partial charge on any atom is -0.497 e. The topological polar surface area (TPSA) is 104 Å². The lowest BCUT2D eigenvalue weighted by Gasteiger charge is -2.30. The van der Waals surface area contributed by atoms with E-state index in [1.807, 2.05) is 54.6 Å². The highest BCUT2D eigenvalue weighted by molar-refractivity contribution is 5.96. The zero-order chi connectivity index (χ0) is 31.2. The number of carbonyl (C=O) groups excluding carboxylic acids is 2. The fourth-order valence-electron chi connectivity index (χ4n) is 5.78. The van der Waals surface area contributed by atoms with E-state index in [1.165, 1.54) is 10.5 Å². The third-order valence-electron chi connectivity index (χ3n) is 7.87. The number of halogens is 3. The van der Waals surface area contributed by atoms with Crippen molar-refractivity contribution in [3.8, 4) is 23.0 Å². The first-order valence-electron chi connectivity index (χ1n) is 14.1. The number of nitrogens with zero attached hydrogens (tertiary/aromatic N) is 4.